The molecule has 1 amide bonds. The van der Waals surface area contributed by atoms with Crippen LogP contribution in [0.25, 0.3) is 43.2 Å². The molecule has 0 aliphatic carbocycles. The number of ketones is 1. The van der Waals surface area contributed by atoms with E-state index in [0.29, 0.717) is 29.5 Å². The van der Waals surface area contributed by atoms with Gasteiger partial charge in [0.05, 0.1) is 33.6 Å². The molecule has 1 atom stereocenters. The molecule has 9 heteroatoms. The zero-order valence-electron chi connectivity index (χ0n) is 26.1. The number of carbonyl (C=O) groups excluding carboxylic acids is 2. The van der Waals surface area contributed by atoms with Crippen LogP contribution in [0, 0.1) is 6.92 Å². The van der Waals surface area contributed by atoms with Gasteiger partial charge in [0.25, 0.3) is 5.91 Å². The van der Waals surface area contributed by atoms with Gasteiger partial charge in [-0.1, -0.05) is 23.7 Å². The number of halogens is 1. The molecular formula is C36H34ClN3O4S. The number of hydrogen-bond acceptors (Lipinski definition) is 7. The maximum absolute atomic E-state index is 13.1. The summed E-state index contributed by atoms with van der Waals surface area (Å²) in [6.45, 7) is 10.4. The Morgan fingerprint density at radius 3 is 2.49 bits per heavy atom. The monoisotopic (exact) mass is 639 g/mol. The van der Waals surface area contributed by atoms with E-state index in [1.54, 1.807) is 36.4 Å². The first-order valence-corrected chi connectivity index (χ1v) is 16.0. The van der Waals surface area contributed by atoms with E-state index in [-0.39, 0.29) is 11.7 Å². The summed E-state index contributed by atoms with van der Waals surface area (Å²) in [6, 6.07) is 19.2. The van der Waals surface area contributed by atoms with Crippen LogP contribution in [-0.2, 0) is 9.53 Å². The summed E-state index contributed by atoms with van der Waals surface area (Å²) in [5.74, 6) is 0.435. The highest BCUT2D eigenvalue weighted by atomic mass is 35.5. The van der Waals surface area contributed by atoms with Gasteiger partial charge in [-0.3, -0.25) is 14.6 Å². The summed E-state index contributed by atoms with van der Waals surface area (Å²) < 4.78 is 13.1. The van der Waals surface area contributed by atoms with Crippen molar-refractivity contribution in [3.05, 3.63) is 88.6 Å². The summed E-state index contributed by atoms with van der Waals surface area (Å²) >= 11 is 7.83. The number of hydrogen-bond donors (Lipinski definition) is 0. The standard InChI is InChI=1S/C36H34ClN3O4S/c1-20-17-28-33(31(22-7-10-25(37)11-8-22)30(20)32(21(2)41)44-36(3,4)5)45-34(39-28)24-13-14-38-27(19-24)23-9-12-29-26(18-23)35(42)40(6)15-16-43-29/h7-14,17-19,32H,15-16H2,1-6H3/t32-/m1/s1. The van der Waals surface area contributed by atoms with Crippen LogP contribution >= 0.6 is 22.9 Å². The number of Topliss-reactive ketones (excluding diaryl/α,β-unsaturated/α-hetero) is 1. The van der Waals surface area contributed by atoms with E-state index in [0.717, 1.165) is 54.3 Å². The van der Waals surface area contributed by atoms with Crippen molar-refractivity contribution in [3.8, 4) is 38.7 Å². The normalized spacial score (nSPS) is 14.2. The molecule has 0 bridgehead atoms. The number of fused-ring (bicyclic) bond motifs is 2. The SMILES string of the molecule is CC(=O)[C@@H](OC(C)(C)C)c1c(C)cc2nc(-c3ccnc(-c4ccc5c(c4)C(=O)N(C)CCO5)c3)sc2c1-c1ccc(Cl)cc1. The second-order valence-electron chi connectivity index (χ2n) is 12.3. The highest BCUT2D eigenvalue weighted by Gasteiger charge is 2.30. The van der Waals surface area contributed by atoms with E-state index in [2.05, 4.69) is 4.98 Å². The molecule has 0 spiro atoms. The van der Waals surface area contributed by atoms with Crippen molar-refractivity contribution < 1.29 is 19.1 Å². The van der Waals surface area contributed by atoms with Crippen LogP contribution in [0.3, 0.4) is 0 Å². The molecule has 5 aromatic rings. The molecule has 230 valence electrons. The fourth-order valence-corrected chi connectivity index (χ4v) is 6.83. The lowest BCUT2D eigenvalue weighted by molar-refractivity contribution is -0.138. The van der Waals surface area contributed by atoms with E-state index < -0.39 is 11.7 Å². The molecule has 0 fully saturated rings. The van der Waals surface area contributed by atoms with Gasteiger partial charge in [-0.25, -0.2) is 4.98 Å². The molecule has 7 nitrogen and oxygen atoms in total. The fourth-order valence-electron chi connectivity index (χ4n) is 5.58. The first kappa shape index (κ1) is 30.9. The Bertz CT molecular complexity index is 1950. The summed E-state index contributed by atoms with van der Waals surface area (Å²) in [4.78, 5) is 37.4. The van der Waals surface area contributed by atoms with Gasteiger partial charge in [0, 0.05) is 40.5 Å². The third kappa shape index (κ3) is 6.23. The maximum atomic E-state index is 13.1. The second-order valence-corrected chi connectivity index (χ2v) is 13.7. The highest BCUT2D eigenvalue weighted by Crippen LogP contribution is 2.45. The quantitative estimate of drug-likeness (QED) is 0.185. The van der Waals surface area contributed by atoms with Gasteiger partial charge in [-0.05, 0) is 94.3 Å². The van der Waals surface area contributed by atoms with E-state index in [1.165, 1.54) is 0 Å². The molecule has 3 aromatic carbocycles. The first-order valence-electron chi connectivity index (χ1n) is 14.8. The zero-order valence-corrected chi connectivity index (χ0v) is 27.7. The number of nitrogens with zero attached hydrogens (tertiary/aromatic N) is 3. The Morgan fingerprint density at radius 1 is 1.04 bits per heavy atom. The topological polar surface area (TPSA) is 81.6 Å². The summed E-state index contributed by atoms with van der Waals surface area (Å²) in [5.41, 5.74) is 6.84. The number of aryl methyl sites for hydroxylation is 1. The number of ether oxygens (including phenoxy) is 2. The van der Waals surface area contributed by atoms with Crippen LogP contribution < -0.4 is 4.74 Å². The molecule has 3 heterocycles. The zero-order chi connectivity index (χ0) is 32.0. The Labute approximate surface area is 271 Å². The minimum Gasteiger partial charge on any atom is -0.491 e. The molecule has 0 saturated carbocycles. The summed E-state index contributed by atoms with van der Waals surface area (Å²) in [6.07, 6.45) is 1.00. The Kier molecular flexibility index (Phi) is 8.24. The molecule has 6 rings (SSSR count). The third-order valence-electron chi connectivity index (χ3n) is 7.71. The lowest BCUT2D eigenvalue weighted by Crippen LogP contribution is -2.27. The number of aromatic nitrogens is 2. The summed E-state index contributed by atoms with van der Waals surface area (Å²) in [7, 11) is 1.78. The minimum absolute atomic E-state index is 0.0677. The van der Waals surface area contributed by atoms with Gasteiger partial charge in [0.2, 0.25) is 0 Å². The van der Waals surface area contributed by atoms with Crippen LogP contribution in [0.15, 0.2) is 66.9 Å². The van der Waals surface area contributed by atoms with E-state index in [4.69, 9.17) is 26.1 Å². The largest absolute Gasteiger partial charge is 0.491 e. The van der Waals surface area contributed by atoms with Crippen molar-refractivity contribution in [2.24, 2.45) is 0 Å². The van der Waals surface area contributed by atoms with Gasteiger partial charge < -0.3 is 14.4 Å². The van der Waals surface area contributed by atoms with Gasteiger partial charge in [-0.2, -0.15) is 0 Å². The van der Waals surface area contributed by atoms with Crippen LogP contribution in [0.5, 0.6) is 5.75 Å². The number of thiazole rings is 1. The van der Waals surface area contributed by atoms with Crippen LogP contribution in [0.2, 0.25) is 5.02 Å². The van der Waals surface area contributed by atoms with E-state index >= 15 is 0 Å². The second kappa shape index (κ2) is 12.0. The number of likely N-dealkylation sites (N-methyl/N-ethyl adjacent to an activating group) is 1. The van der Waals surface area contributed by atoms with Gasteiger partial charge in [-0.15, -0.1) is 11.3 Å². The van der Waals surface area contributed by atoms with Crippen molar-refractivity contribution in [2.75, 3.05) is 20.2 Å². The van der Waals surface area contributed by atoms with Crippen molar-refractivity contribution in [3.63, 3.8) is 0 Å². The number of rotatable bonds is 6. The van der Waals surface area contributed by atoms with Gasteiger partial charge >= 0.3 is 0 Å². The lowest BCUT2D eigenvalue weighted by Gasteiger charge is -2.29. The Balaban J connectivity index is 1.50. The van der Waals surface area contributed by atoms with Crippen molar-refractivity contribution in [1.29, 1.82) is 0 Å². The number of benzene rings is 3. The van der Waals surface area contributed by atoms with Gasteiger partial charge in [0.1, 0.15) is 23.5 Å². The average molecular weight is 640 g/mol. The highest BCUT2D eigenvalue weighted by molar-refractivity contribution is 7.22. The fraction of sp³-hybridized carbons (Fsp3) is 0.278. The average Bonchev–Trinajstić information content (AvgIpc) is 3.36. The lowest BCUT2D eigenvalue weighted by atomic mass is 9.90. The molecule has 2 aromatic heterocycles. The smallest absolute Gasteiger partial charge is 0.257 e. The number of amides is 1. The third-order valence-corrected chi connectivity index (χ3v) is 9.10. The number of carbonyl (C=O) groups is 2. The molecule has 0 saturated heterocycles. The van der Waals surface area contributed by atoms with E-state index in [1.807, 2.05) is 88.4 Å². The predicted molar refractivity (Wildman–Crippen MR) is 180 cm³/mol. The van der Waals surface area contributed by atoms with Crippen LogP contribution in [0.4, 0.5) is 0 Å². The molecule has 1 aliphatic heterocycles. The Hall–Kier alpha value is -4.11. The van der Waals surface area contributed by atoms with E-state index in [9.17, 15) is 9.59 Å². The molecule has 0 radical (unpaired) electrons. The molecule has 1 aliphatic rings. The molecule has 0 unspecified atom stereocenters. The maximum Gasteiger partial charge on any atom is 0.257 e. The number of pyridine rings is 1. The molecule has 45 heavy (non-hydrogen) atoms. The molecule has 0 N–H and O–H groups in total. The Morgan fingerprint density at radius 2 is 1.78 bits per heavy atom. The van der Waals surface area contributed by atoms with Crippen LogP contribution in [-0.4, -0.2) is 52.4 Å². The van der Waals surface area contributed by atoms with Crippen LogP contribution in [0.1, 0.15) is 55.3 Å². The predicted octanol–water partition coefficient (Wildman–Crippen LogP) is 8.56. The first-order chi connectivity index (χ1) is 21.4. The van der Waals surface area contributed by atoms with Crippen molar-refractivity contribution in [2.45, 2.75) is 46.3 Å². The van der Waals surface area contributed by atoms with Crippen molar-refractivity contribution >= 4 is 44.8 Å². The summed E-state index contributed by atoms with van der Waals surface area (Å²) in [5, 5.41) is 1.44. The molecular weight excluding hydrogens is 606 g/mol. The van der Waals surface area contributed by atoms with Gasteiger partial charge in [0.15, 0.2) is 5.78 Å². The minimum atomic E-state index is -0.753. The van der Waals surface area contributed by atoms with Crippen molar-refractivity contribution in [1.82, 2.24) is 14.9 Å².